The van der Waals surface area contributed by atoms with Crippen LogP contribution in [0.5, 0.6) is 0 Å². The Morgan fingerprint density at radius 2 is 0.481 bits per heavy atom. The maximum atomic E-state index is 12.9. The van der Waals surface area contributed by atoms with Gasteiger partial charge < -0.3 is 14.2 Å². The van der Waals surface area contributed by atoms with E-state index in [4.69, 9.17) is 14.2 Å². The molecule has 0 aliphatic carbocycles. The van der Waals surface area contributed by atoms with Crippen molar-refractivity contribution in [2.75, 3.05) is 13.2 Å². The SMILES string of the molecule is CC/C=C\C/C=C\C/C=C\C/C=C\CCCCCCCCCCCCCCCCCCC(=O)OCC(COC(=O)CCCCCCCCC/C=C\CCCCCCCC)OC(=O)CCCCCCCCC/C=C\C/C=C\C/C=C\CC. The molecule has 0 aromatic carbocycles. The second-order valence-corrected chi connectivity index (χ2v) is 23.0. The second kappa shape index (κ2) is 68.8. The molecule has 0 aromatic rings. The molecule has 81 heavy (non-hydrogen) atoms. The van der Waals surface area contributed by atoms with Gasteiger partial charge in [-0.2, -0.15) is 0 Å². The van der Waals surface area contributed by atoms with Crippen LogP contribution in [0.3, 0.4) is 0 Å². The van der Waals surface area contributed by atoms with Gasteiger partial charge in [0.2, 0.25) is 0 Å². The number of hydrogen-bond donors (Lipinski definition) is 0. The zero-order chi connectivity index (χ0) is 58.5. The number of esters is 3. The summed E-state index contributed by atoms with van der Waals surface area (Å²) in [6, 6.07) is 0. The number of ether oxygens (including phenoxy) is 3. The van der Waals surface area contributed by atoms with Crippen molar-refractivity contribution in [1.29, 1.82) is 0 Å². The Bertz CT molecular complexity index is 1580. The van der Waals surface area contributed by atoms with Gasteiger partial charge in [0.15, 0.2) is 6.10 Å². The van der Waals surface area contributed by atoms with Crippen molar-refractivity contribution in [3.8, 4) is 0 Å². The van der Waals surface area contributed by atoms with Crippen LogP contribution in [0.2, 0.25) is 0 Å². The molecular weight excluding hydrogens is 997 g/mol. The normalized spacial score (nSPS) is 12.7. The molecule has 466 valence electrons. The average Bonchev–Trinajstić information content (AvgIpc) is 3.47. The van der Waals surface area contributed by atoms with Gasteiger partial charge in [-0.25, -0.2) is 0 Å². The van der Waals surface area contributed by atoms with Crippen LogP contribution in [-0.2, 0) is 28.6 Å². The van der Waals surface area contributed by atoms with Gasteiger partial charge in [0, 0.05) is 19.3 Å². The van der Waals surface area contributed by atoms with E-state index in [9.17, 15) is 14.4 Å². The van der Waals surface area contributed by atoms with Crippen molar-refractivity contribution in [3.05, 3.63) is 97.2 Å². The number of rotatable bonds is 63. The summed E-state index contributed by atoms with van der Waals surface area (Å²) in [5, 5.41) is 0. The number of carbonyl (C=O) groups excluding carboxylic acids is 3. The molecule has 0 aliphatic heterocycles. The minimum Gasteiger partial charge on any atom is -0.462 e. The molecule has 0 aromatic heterocycles. The van der Waals surface area contributed by atoms with E-state index in [0.29, 0.717) is 19.3 Å². The lowest BCUT2D eigenvalue weighted by Crippen LogP contribution is -2.30. The maximum Gasteiger partial charge on any atom is 0.306 e. The van der Waals surface area contributed by atoms with Crippen LogP contribution >= 0.6 is 0 Å². The molecule has 6 nitrogen and oxygen atoms in total. The van der Waals surface area contributed by atoms with Crippen molar-refractivity contribution in [1.82, 2.24) is 0 Å². The van der Waals surface area contributed by atoms with Crippen LogP contribution in [0.25, 0.3) is 0 Å². The van der Waals surface area contributed by atoms with Gasteiger partial charge in [-0.1, -0.05) is 304 Å². The van der Waals surface area contributed by atoms with Gasteiger partial charge >= 0.3 is 17.9 Å². The standard InChI is InChI=1S/C75H130O6/c1-4-7-10-13-16-19-22-25-28-31-32-33-34-35-36-37-38-39-40-41-42-45-47-50-53-56-59-62-65-68-74(77)80-71-72(81-75(78)69-66-63-60-57-54-51-48-44-30-27-24-21-18-15-12-9-6-3)70-79-73(76)67-64-61-58-55-52-49-46-43-29-26-23-20-17-14-11-8-5-2/h7,9-10,12,16,18-19,21,25-30,32-33,72H,4-6,8,11,13-15,17,20,22-24,31,34-71H2,1-3H3/b10-7-,12-9-,19-16-,21-18-,28-25-,29-26-,30-27-,33-32-. The third-order valence-electron chi connectivity index (χ3n) is 15.1. The van der Waals surface area contributed by atoms with E-state index < -0.39 is 6.10 Å². The number of allylic oxidation sites excluding steroid dienone is 16. The fourth-order valence-electron chi connectivity index (χ4n) is 9.92. The maximum absolute atomic E-state index is 12.9. The molecule has 6 heteroatoms. The van der Waals surface area contributed by atoms with Gasteiger partial charge in [0.1, 0.15) is 13.2 Å². The molecule has 1 atom stereocenters. The lowest BCUT2D eigenvalue weighted by atomic mass is 10.0. The van der Waals surface area contributed by atoms with E-state index in [1.807, 2.05) is 0 Å². The van der Waals surface area contributed by atoms with E-state index in [1.54, 1.807) is 0 Å². The zero-order valence-electron chi connectivity index (χ0n) is 53.5. The van der Waals surface area contributed by atoms with Crippen LogP contribution < -0.4 is 0 Å². The van der Waals surface area contributed by atoms with Crippen molar-refractivity contribution >= 4 is 17.9 Å². The average molecular weight is 1130 g/mol. The Hall–Kier alpha value is -3.67. The summed E-state index contributed by atoms with van der Waals surface area (Å²) in [4.78, 5) is 38.4. The van der Waals surface area contributed by atoms with Gasteiger partial charge in [0.25, 0.3) is 0 Å². The smallest absolute Gasteiger partial charge is 0.306 e. The summed E-state index contributed by atoms with van der Waals surface area (Å²) < 4.78 is 17.0. The molecule has 0 saturated heterocycles. The molecule has 0 rings (SSSR count). The number of carbonyl (C=O) groups is 3. The van der Waals surface area contributed by atoms with Crippen molar-refractivity contribution in [2.45, 2.75) is 348 Å². The monoisotopic (exact) mass is 1130 g/mol. The summed E-state index contributed by atoms with van der Waals surface area (Å²) in [6.45, 7) is 6.44. The highest BCUT2D eigenvalue weighted by Gasteiger charge is 2.19. The van der Waals surface area contributed by atoms with Crippen LogP contribution in [0, 0.1) is 0 Å². The molecule has 0 fully saturated rings. The lowest BCUT2D eigenvalue weighted by molar-refractivity contribution is -0.167. The Labute approximate surface area is 502 Å². The fraction of sp³-hybridized carbons (Fsp3) is 0.747. The largest absolute Gasteiger partial charge is 0.462 e. The first-order chi connectivity index (χ1) is 40.0. The Morgan fingerprint density at radius 1 is 0.259 bits per heavy atom. The highest BCUT2D eigenvalue weighted by Crippen LogP contribution is 2.17. The molecule has 0 spiro atoms. The first kappa shape index (κ1) is 77.3. The Kier molecular flexibility index (Phi) is 65.7. The first-order valence-corrected chi connectivity index (χ1v) is 34.7. The molecular formula is C75H130O6. The summed E-state index contributed by atoms with van der Waals surface area (Å²) in [5.74, 6) is -0.879. The number of unbranched alkanes of at least 4 members (excludes halogenated alkanes) is 36. The molecule has 0 radical (unpaired) electrons. The van der Waals surface area contributed by atoms with E-state index in [0.717, 1.165) is 109 Å². The topological polar surface area (TPSA) is 78.9 Å². The number of hydrogen-bond acceptors (Lipinski definition) is 6. The van der Waals surface area contributed by atoms with Crippen molar-refractivity contribution in [2.24, 2.45) is 0 Å². The van der Waals surface area contributed by atoms with E-state index in [2.05, 4.69) is 118 Å². The predicted molar refractivity (Wildman–Crippen MR) is 353 cm³/mol. The first-order valence-electron chi connectivity index (χ1n) is 34.7. The highest BCUT2D eigenvalue weighted by atomic mass is 16.6. The zero-order valence-corrected chi connectivity index (χ0v) is 53.5. The van der Waals surface area contributed by atoms with E-state index in [-0.39, 0.29) is 31.1 Å². The third-order valence-corrected chi connectivity index (χ3v) is 15.1. The molecule has 0 saturated carbocycles. The van der Waals surface area contributed by atoms with Crippen LogP contribution in [0.15, 0.2) is 97.2 Å². The molecule has 0 amide bonds. The quantitative estimate of drug-likeness (QED) is 0.0261. The lowest BCUT2D eigenvalue weighted by Gasteiger charge is -2.18. The summed E-state index contributed by atoms with van der Waals surface area (Å²) in [5.41, 5.74) is 0. The minimum absolute atomic E-state index is 0.0803. The van der Waals surface area contributed by atoms with Crippen molar-refractivity contribution in [3.63, 3.8) is 0 Å². The fourth-order valence-corrected chi connectivity index (χ4v) is 9.92. The second-order valence-electron chi connectivity index (χ2n) is 23.0. The van der Waals surface area contributed by atoms with Crippen LogP contribution in [0.4, 0.5) is 0 Å². The Morgan fingerprint density at radius 3 is 0.765 bits per heavy atom. The Balaban J connectivity index is 4.28. The van der Waals surface area contributed by atoms with Crippen molar-refractivity contribution < 1.29 is 28.6 Å². The van der Waals surface area contributed by atoms with Gasteiger partial charge in [-0.3, -0.25) is 14.4 Å². The van der Waals surface area contributed by atoms with E-state index in [1.165, 1.54) is 193 Å². The molecule has 0 N–H and O–H groups in total. The van der Waals surface area contributed by atoms with Crippen LogP contribution in [0.1, 0.15) is 342 Å². The van der Waals surface area contributed by atoms with Gasteiger partial charge in [0.05, 0.1) is 0 Å². The predicted octanol–water partition coefficient (Wildman–Crippen LogP) is 24.0. The summed E-state index contributed by atoms with van der Waals surface area (Å²) >= 11 is 0. The van der Waals surface area contributed by atoms with Gasteiger partial charge in [-0.05, 0) is 116 Å². The van der Waals surface area contributed by atoms with E-state index >= 15 is 0 Å². The molecule has 0 aliphatic rings. The highest BCUT2D eigenvalue weighted by molar-refractivity contribution is 5.71. The van der Waals surface area contributed by atoms with Crippen LogP contribution in [-0.4, -0.2) is 37.2 Å². The van der Waals surface area contributed by atoms with Gasteiger partial charge in [-0.15, -0.1) is 0 Å². The summed E-state index contributed by atoms with van der Waals surface area (Å²) in [6.07, 6.45) is 92.9. The molecule has 0 bridgehead atoms. The minimum atomic E-state index is -0.786. The summed E-state index contributed by atoms with van der Waals surface area (Å²) in [7, 11) is 0. The third kappa shape index (κ3) is 67.0. The molecule has 1 unspecified atom stereocenters. The molecule has 0 heterocycles.